The Balaban J connectivity index is 2.02. The number of benzene rings is 1. The van der Waals surface area contributed by atoms with E-state index in [4.69, 9.17) is 0 Å². The molecule has 6 heteroatoms. The number of hydrogen-bond donors (Lipinski definition) is 0. The lowest BCUT2D eigenvalue weighted by molar-refractivity contribution is -0.127. The monoisotopic (exact) mass is 386 g/mol. The third-order valence-electron chi connectivity index (χ3n) is 4.62. The summed E-state index contributed by atoms with van der Waals surface area (Å²) in [5.41, 5.74) is 1.14. The summed E-state index contributed by atoms with van der Waals surface area (Å²) in [6, 6.07) is 8.50. The maximum atomic E-state index is 13.1. The van der Waals surface area contributed by atoms with Gasteiger partial charge in [0.05, 0.1) is 0 Å². The van der Waals surface area contributed by atoms with E-state index >= 15 is 0 Å². The van der Waals surface area contributed by atoms with Gasteiger partial charge in [-0.05, 0) is 36.1 Å². The lowest BCUT2D eigenvalue weighted by Crippen LogP contribution is -2.49. The first-order valence-electron chi connectivity index (χ1n) is 9.96. The molecule has 5 nitrogen and oxygen atoms in total. The Bertz CT molecular complexity index is 703. The summed E-state index contributed by atoms with van der Waals surface area (Å²) in [7, 11) is 0. The molecule has 0 aliphatic carbocycles. The Kier molecular flexibility index (Phi) is 7.86. The standard InChI is InChI=1S/C22H31FN4O/c1-17(2)14-25(15-18(3)4)16-19(13-24)22(28)27-11-9-26(10-12-27)21-7-5-20(23)6-8-21/h5-8,16-18H,9-12,14-15H2,1-4H3/b19-16-. The van der Waals surface area contributed by atoms with Crippen LogP contribution < -0.4 is 4.90 Å². The van der Waals surface area contributed by atoms with E-state index in [9.17, 15) is 14.4 Å². The highest BCUT2D eigenvalue weighted by Crippen LogP contribution is 2.18. The Morgan fingerprint density at radius 1 is 1.11 bits per heavy atom. The molecule has 1 heterocycles. The largest absolute Gasteiger partial charge is 0.376 e. The summed E-state index contributed by atoms with van der Waals surface area (Å²) >= 11 is 0. The zero-order chi connectivity index (χ0) is 20.7. The van der Waals surface area contributed by atoms with Crippen LogP contribution in [-0.4, -0.2) is 55.0 Å². The van der Waals surface area contributed by atoms with E-state index in [0.717, 1.165) is 18.8 Å². The third-order valence-corrected chi connectivity index (χ3v) is 4.62. The van der Waals surface area contributed by atoms with E-state index in [2.05, 4.69) is 43.6 Å². The van der Waals surface area contributed by atoms with Gasteiger partial charge in [0.15, 0.2) is 0 Å². The van der Waals surface area contributed by atoms with Crippen LogP contribution in [0.4, 0.5) is 10.1 Å². The van der Waals surface area contributed by atoms with Crippen molar-refractivity contribution in [2.24, 2.45) is 11.8 Å². The summed E-state index contributed by atoms with van der Waals surface area (Å²) in [4.78, 5) is 18.8. The summed E-state index contributed by atoms with van der Waals surface area (Å²) in [5, 5.41) is 9.56. The smallest absolute Gasteiger partial charge is 0.266 e. The van der Waals surface area contributed by atoms with Crippen LogP contribution in [0.3, 0.4) is 0 Å². The van der Waals surface area contributed by atoms with Gasteiger partial charge in [-0.15, -0.1) is 0 Å². The number of anilines is 1. The van der Waals surface area contributed by atoms with Crippen molar-refractivity contribution in [1.29, 1.82) is 5.26 Å². The van der Waals surface area contributed by atoms with Gasteiger partial charge in [-0.2, -0.15) is 5.26 Å². The quantitative estimate of drug-likeness (QED) is 0.532. The molecule has 1 aliphatic rings. The first-order chi connectivity index (χ1) is 13.3. The number of rotatable bonds is 7. The highest BCUT2D eigenvalue weighted by Gasteiger charge is 2.24. The van der Waals surface area contributed by atoms with Crippen LogP contribution in [0.2, 0.25) is 0 Å². The average Bonchev–Trinajstić information content (AvgIpc) is 2.65. The molecule has 0 unspecified atom stereocenters. The van der Waals surface area contributed by atoms with Crippen molar-refractivity contribution < 1.29 is 9.18 Å². The summed E-state index contributed by atoms with van der Waals surface area (Å²) in [5.74, 6) is 0.432. The van der Waals surface area contributed by atoms with Crippen molar-refractivity contribution >= 4 is 11.6 Å². The highest BCUT2D eigenvalue weighted by molar-refractivity contribution is 5.97. The van der Waals surface area contributed by atoms with Crippen molar-refractivity contribution in [3.05, 3.63) is 41.9 Å². The molecular formula is C22H31FN4O. The first kappa shape index (κ1) is 21.7. The maximum absolute atomic E-state index is 13.1. The molecule has 1 aromatic rings. The van der Waals surface area contributed by atoms with Crippen molar-refractivity contribution in [2.45, 2.75) is 27.7 Å². The van der Waals surface area contributed by atoms with Crippen molar-refractivity contribution in [3.8, 4) is 6.07 Å². The molecule has 1 fully saturated rings. The molecular weight excluding hydrogens is 355 g/mol. The average molecular weight is 387 g/mol. The molecule has 0 bridgehead atoms. The second-order valence-corrected chi connectivity index (χ2v) is 8.15. The molecule has 0 radical (unpaired) electrons. The van der Waals surface area contributed by atoms with Crippen molar-refractivity contribution in [1.82, 2.24) is 9.80 Å². The van der Waals surface area contributed by atoms with Gasteiger partial charge in [0, 0.05) is 51.2 Å². The fourth-order valence-corrected chi connectivity index (χ4v) is 3.42. The molecule has 1 amide bonds. The molecule has 2 rings (SSSR count). The number of amides is 1. The normalized spacial score (nSPS) is 15.1. The Labute approximate surface area is 168 Å². The van der Waals surface area contributed by atoms with E-state index in [1.807, 2.05) is 0 Å². The number of halogens is 1. The lowest BCUT2D eigenvalue weighted by Gasteiger charge is -2.36. The fourth-order valence-electron chi connectivity index (χ4n) is 3.42. The fraction of sp³-hybridized carbons (Fsp3) is 0.545. The topological polar surface area (TPSA) is 50.6 Å². The summed E-state index contributed by atoms with van der Waals surface area (Å²) < 4.78 is 13.1. The predicted molar refractivity (Wildman–Crippen MR) is 110 cm³/mol. The van der Waals surface area contributed by atoms with E-state index < -0.39 is 0 Å². The van der Waals surface area contributed by atoms with Crippen LogP contribution in [0.5, 0.6) is 0 Å². The zero-order valence-corrected chi connectivity index (χ0v) is 17.4. The highest BCUT2D eigenvalue weighted by atomic mass is 19.1. The molecule has 0 atom stereocenters. The summed E-state index contributed by atoms with van der Waals surface area (Å²) in [6.45, 7) is 12.6. The van der Waals surface area contributed by atoms with Gasteiger partial charge in [0.25, 0.3) is 5.91 Å². The second-order valence-electron chi connectivity index (χ2n) is 8.15. The van der Waals surface area contributed by atoms with Crippen molar-refractivity contribution in [3.63, 3.8) is 0 Å². The number of carbonyl (C=O) groups excluding carboxylic acids is 1. The molecule has 0 saturated carbocycles. The van der Waals surface area contributed by atoms with Crippen LogP contribution in [-0.2, 0) is 4.79 Å². The molecule has 1 saturated heterocycles. The SMILES string of the molecule is CC(C)CN(/C=C(/C#N)C(=O)N1CCN(c2ccc(F)cc2)CC1)CC(C)C. The molecule has 152 valence electrons. The van der Waals surface area contributed by atoms with Gasteiger partial charge >= 0.3 is 0 Å². The Hall–Kier alpha value is -2.55. The molecule has 1 aliphatic heterocycles. The van der Waals surface area contributed by atoms with E-state index in [1.54, 1.807) is 23.2 Å². The molecule has 0 aromatic heterocycles. The van der Waals surface area contributed by atoms with Crippen LogP contribution >= 0.6 is 0 Å². The molecule has 1 aromatic carbocycles. The minimum atomic E-state index is -0.256. The number of nitriles is 1. The molecule has 28 heavy (non-hydrogen) atoms. The van der Waals surface area contributed by atoms with Gasteiger partial charge in [0.1, 0.15) is 17.5 Å². The molecule has 0 spiro atoms. The number of piperazine rings is 1. The predicted octanol–water partition coefficient (Wildman–Crippen LogP) is 3.50. The lowest BCUT2D eigenvalue weighted by atomic mass is 10.1. The van der Waals surface area contributed by atoms with Gasteiger partial charge in [-0.3, -0.25) is 4.79 Å². The minimum absolute atomic E-state index is 0.191. The van der Waals surface area contributed by atoms with E-state index in [1.165, 1.54) is 12.1 Å². The van der Waals surface area contributed by atoms with Crippen molar-refractivity contribution in [2.75, 3.05) is 44.2 Å². The van der Waals surface area contributed by atoms with Crippen LogP contribution in [0.1, 0.15) is 27.7 Å². The Morgan fingerprint density at radius 3 is 2.11 bits per heavy atom. The summed E-state index contributed by atoms with van der Waals surface area (Å²) in [6.07, 6.45) is 1.73. The van der Waals surface area contributed by atoms with Crippen LogP contribution in [0.25, 0.3) is 0 Å². The van der Waals surface area contributed by atoms with Gasteiger partial charge in [0.2, 0.25) is 0 Å². The van der Waals surface area contributed by atoms with E-state index in [-0.39, 0.29) is 17.3 Å². The van der Waals surface area contributed by atoms with E-state index in [0.29, 0.717) is 38.0 Å². The zero-order valence-electron chi connectivity index (χ0n) is 17.4. The Morgan fingerprint density at radius 2 is 1.64 bits per heavy atom. The molecule has 0 N–H and O–H groups in total. The number of nitrogens with zero attached hydrogens (tertiary/aromatic N) is 4. The third kappa shape index (κ3) is 6.26. The number of carbonyl (C=O) groups is 1. The van der Waals surface area contributed by atoms with Crippen LogP contribution in [0, 0.1) is 29.0 Å². The van der Waals surface area contributed by atoms with Crippen LogP contribution in [0.15, 0.2) is 36.0 Å². The second kappa shape index (κ2) is 10.1. The number of hydrogen-bond acceptors (Lipinski definition) is 4. The first-order valence-corrected chi connectivity index (χ1v) is 9.96. The minimum Gasteiger partial charge on any atom is -0.376 e. The maximum Gasteiger partial charge on any atom is 0.266 e. The van der Waals surface area contributed by atoms with Gasteiger partial charge < -0.3 is 14.7 Å². The van der Waals surface area contributed by atoms with Gasteiger partial charge in [-0.1, -0.05) is 27.7 Å². The van der Waals surface area contributed by atoms with Gasteiger partial charge in [-0.25, -0.2) is 4.39 Å².